The van der Waals surface area contributed by atoms with Gasteiger partial charge in [0.2, 0.25) is 0 Å². The zero-order chi connectivity index (χ0) is 13.0. The van der Waals surface area contributed by atoms with E-state index < -0.39 is 0 Å². The van der Waals surface area contributed by atoms with E-state index in [1.54, 1.807) is 0 Å². The number of hydrogen-bond acceptors (Lipinski definition) is 2. The van der Waals surface area contributed by atoms with Crippen LogP contribution in [0.15, 0.2) is 30.3 Å². The summed E-state index contributed by atoms with van der Waals surface area (Å²) in [7, 11) is 0. The molecule has 0 amide bonds. The maximum atomic E-state index is 6.30. The first kappa shape index (κ1) is 13.6. The lowest BCUT2D eigenvalue weighted by Crippen LogP contribution is -2.32. The normalized spacial score (nSPS) is 21.1. The van der Waals surface area contributed by atoms with E-state index in [4.69, 9.17) is 5.73 Å². The van der Waals surface area contributed by atoms with Crippen LogP contribution < -0.4 is 5.73 Å². The summed E-state index contributed by atoms with van der Waals surface area (Å²) in [5, 5.41) is 0. The molecule has 1 fully saturated rings. The van der Waals surface area contributed by atoms with Crippen molar-refractivity contribution in [1.29, 1.82) is 0 Å². The first-order chi connectivity index (χ1) is 8.69. The molecule has 2 heteroatoms. The molecule has 0 unspecified atom stereocenters. The van der Waals surface area contributed by atoms with E-state index >= 15 is 0 Å². The van der Waals surface area contributed by atoms with E-state index in [2.05, 4.69) is 43.0 Å². The van der Waals surface area contributed by atoms with Gasteiger partial charge in [-0.2, -0.15) is 0 Å². The summed E-state index contributed by atoms with van der Waals surface area (Å²) in [5.41, 5.74) is 8.11. The Balaban J connectivity index is 1.92. The summed E-state index contributed by atoms with van der Waals surface area (Å²) in [6, 6.07) is 10.6. The summed E-state index contributed by atoms with van der Waals surface area (Å²) < 4.78 is 0. The van der Waals surface area contributed by atoms with E-state index in [1.165, 1.54) is 37.9 Å². The summed E-state index contributed by atoms with van der Waals surface area (Å²) >= 11 is 0. The van der Waals surface area contributed by atoms with Crippen molar-refractivity contribution >= 4 is 0 Å². The average Bonchev–Trinajstić information content (AvgIpc) is 2.84. The molecule has 0 aliphatic carbocycles. The van der Waals surface area contributed by atoms with Crippen molar-refractivity contribution in [2.45, 2.75) is 39.2 Å². The smallest absolute Gasteiger partial charge is 0.0424 e. The third-order valence-corrected chi connectivity index (χ3v) is 4.70. The van der Waals surface area contributed by atoms with Gasteiger partial charge in [-0.1, -0.05) is 44.2 Å². The molecule has 0 radical (unpaired) electrons. The Morgan fingerprint density at radius 3 is 2.44 bits per heavy atom. The number of nitrogens with zero attached hydrogens (tertiary/aromatic N) is 1. The highest BCUT2D eigenvalue weighted by atomic mass is 15.2. The second kappa shape index (κ2) is 5.85. The second-order valence-corrected chi connectivity index (χ2v) is 5.71. The molecule has 0 saturated carbocycles. The molecule has 1 aromatic carbocycles. The van der Waals surface area contributed by atoms with E-state index in [1.807, 2.05) is 6.07 Å². The van der Waals surface area contributed by atoms with Crippen molar-refractivity contribution < 1.29 is 0 Å². The standard InChI is InChI=1S/C16H26N2/c1-3-16(4-2)10-11-18(13-16)12-15(17)14-8-6-5-7-9-14/h5-9,15H,3-4,10-13,17H2,1-2H3/t15-/m0/s1. The Kier molecular flexibility index (Phi) is 4.41. The fourth-order valence-electron chi connectivity index (χ4n) is 3.09. The van der Waals surface area contributed by atoms with Gasteiger partial charge < -0.3 is 10.6 Å². The molecule has 2 N–H and O–H groups in total. The van der Waals surface area contributed by atoms with Gasteiger partial charge in [0.25, 0.3) is 0 Å². The molecule has 0 bridgehead atoms. The third-order valence-electron chi connectivity index (χ3n) is 4.70. The van der Waals surface area contributed by atoms with Crippen LogP contribution in [0.1, 0.15) is 44.7 Å². The van der Waals surface area contributed by atoms with Gasteiger partial charge in [-0.25, -0.2) is 0 Å². The molecule has 1 atom stereocenters. The first-order valence-corrected chi connectivity index (χ1v) is 7.22. The first-order valence-electron chi connectivity index (χ1n) is 7.22. The molecule has 1 aromatic rings. The zero-order valence-electron chi connectivity index (χ0n) is 11.7. The Morgan fingerprint density at radius 1 is 1.22 bits per heavy atom. The van der Waals surface area contributed by atoms with Crippen molar-refractivity contribution in [3.05, 3.63) is 35.9 Å². The van der Waals surface area contributed by atoms with E-state index in [0.29, 0.717) is 5.41 Å². The molecule has 2 rings (SSSR count). The van der Waals surface area contributed by atoms with Gasteiger partial charge in [-0.15, -0.1) is 0 Å². The second-order valence-electron chi connectivity index (χ2n) is 5.71. The third kappa shape index (κ3) is 2.93. The van der Waals surface area contributed by atoms with Crippen molar-refractivity contribution in [2.24, 2.45) is 11.1 Å². The molecular weight excluding hydrogens is 220 g/mol. The molecule has 1 saturated heterocycles. The van der Waals surface area contributed by atoms with Crippen LogP contribution in [-0.4, -0.2) is 24.5 Å². The largest absolute Gasteiger partial charge is 0.323 e. The quantitative estimate of drug-likeness (QED) is 0.864. The minimum atomic E-state index is 0.149. The average molecular weight is 246 g/mol. The van der Waals surface area contributed by atoms with Crippen LogP contribution in [-0.2, 0) is 0 Å². The number of benzene rings is 1. The van der Waals surface area contributed by atoms with Crippen molar-refractivity contribution in [3.63, 3.8) is 0 Å². The Labute approximate surface area is 111 Å². The minimum absolute atomic E-state index is 0.149. The van der Waals surface area contributed by atoms with E-state index in [0.717, 1.165) is 6.54 Å². The molecule has 100 valence electrons. The fourth-order valence-corrected chi connectivity index (χ4v) is 3.09. The van der Waals surface area contributed by atoms with Crippen molar-refractivity contribution in [1.82, 2.24) is 4.90 Å². The molecule has 1 heterocycles. The van der Waals surface area contributed by atoms with E-state index in [9.17, 15) is 0 Å². The summed E-state index contributed by atoms with van der Waals surface area (Å²) in [4.78, 5) is 2.55. The van der Waals surface area contributed by atoms with Gasteiger partial charge in [0.05, 0.1) is 0 Å². The van der Waals surface area contributed by atoms with Gasteiger partial charge in [-0.05, 0) is 36.8 Å². The number of likely N-dealkylation sites (tertiary alicyclic amines) is 1. The van der Waals surface area contributed by atoms with E-state index in [-0.39, 0.29) is 6.04 Å². The molecule has 1 aliphatic rings. The SMILES string of the molecule is CCC1(CC)CCN(C[C@H](N)c2ccccc2)C1. The number of rotatable bonds is 5. The van der Waals surface area contributed by atoms with Crippen LogP contribution >= 0.6 is 0 Å². The predicted molar refractivity (Wildman–Crippen MR) is 77.4 cm³/mol. The van der Waals surface area contributed by atoms with Crippen molar-refractivity contribution in [2.75, 3.05) is 19.6 Å². The monoisotopic (exact) mass is 246 g/mol. The van der Waals surface area contributed by atoms with Crippen LogP contribution in [0.25, 0.3) is 0 Å². The fraction of sp³-hybridized carbons (Fsp3) is 0.625. The van der Waals surface area contributed by atoms with Crippen LogP contribution in [0.3, 0.4) is 0 Å². The van der Waals surface area contributed by atoms with Crippen LogP contribution in [0.5, 0.6) is 0 Å². The van der Waals surface area contributed by atoms with Crippen LogP contribution in [0.2, 0.25) is 0 Å². The minimum Gasteiger partial charge on any atom is -0.323 e. The summed E-state index contributed by atoms with van der Waals surface area (Å²) in [6.45, 7) is 8.07. The summed E-state index contributed by atoms with van der Waals surface area (Å²) in [6.07, 6.45) is 3.92. The van der Waals surface area contributed by atoms with Crippen LogP contribution in [0.4, 0.5) is 0 Å². The lowest BCUT2D eigenvalue weighted by atomic mass is 9.82. The molecule has 0 spiro atoms. The predicted octanol–water partition coefficient (Wildman–Crippen LogP) is 3.20. The Hall–Kier alpha value is -0.860. The van der Waals surface area contributed by atoms with Crippen LogP contribution in [0, 0.1) is 5.41 Å². The van der Waals surface area contributed by atoms with Gasteiger partial charge in [0.15, 0.2) is 0 Å². The number of nitrogens with two attached hydrogens (primary N) is 1. The van der Waals surface area contributed by atoms with Gasteiger partial charge in [0.1, 0.15) is 0 Å². The molecule has 2 nitrogen and oxygen atoms in total. The van der Waals surface area contributed by atoms with Gasteiger partial charge >= 0.3 is 0 Å². The topological polar surface area (TPSA) is 29.3 Å². The maximum Gasteiger partial charge on any atom is 0.0424 e. The van der Waals surface area contributed by atoms with Crippen molar-refractivity contribution in [3.8, 4) is 0 Å². The number of hydrogen-bond donors (Lipinski definition) is 1. The lowest BCUT2D eigenvalue weighted by Gasteiger charge is -2.27. The summed E-state index contributed by atoms with van der Waals surface area (Å²) in [5.74, 6) is 0. The molecular formula is C16H26N2. The Bertz CT molecular complexity index is 357. The van der Waals surface area contributed by atoms with Gasteiger partial charge in [0, 0.05) is 19.1 Å². The lowest BCUT2D eigenvalue weighted by molar-refractivity contribution is 0.233. The Morgan fingerprint density at radius 2 is 1.89 bits per heavy atom. The van der Waals surface area contributed by atoms with Gasteiger partial charge in [-0.3, -0.25) is 0 Å². The molecule has 0 aromatic heterocycles. The zero-order valence-corrected chi connectivity index (χ0v) is 11.7. The highest BCUT2D eigenvalue weighted by Crippen LogP contribution is 2.37. The maximum absolute atomic E-state index is 6.30. The highest BCUT2D eigenvalue weighted by molar-refractivity contribution is 5.18. The molecule has 18 heavy (non-hydrogen) atoms. The molecule has 1 aliphatic heterocycles. The highest BCUT2D eigenvalue weighted by Gasteiger charge is 2.35.